The van der Waals surface area contributed by atoms with Gasteiger partial charge in [0.2, 0.25) is 0 Å². The van der Waals surface area contributed by atoms with Crippen LogP contribution in [0.3, 0.4) is 0 Å². The van der Waals surface area contributed by atoms with E-state index in [2.05, 4.69) is 0 Å². The molecule has 0 saturated carbocycles. The van der Waals surface area contributed by atoms with Gasteiger partial charge in [0.25, 0.3) is 0 Å². The summed E-state index contributed by atoms with van der Waals surface area (Å²) in [5.74, 6) is -0.678. The van der Waals surface area contributed by atoms with E-state index in [1.807, 2.05) is 16.7 Å². The minimum Gasteiger partial charge on any atom is -0.497 e. The Hall–Kier alpha value is -3.10. The van der Waals surface area contributed by atoms with Gasteiger partial charge in [-0.3, -0.25) is 0 Å². The molecule has 1 unspecified atom stereocenters. The van der Waals surface area contributed by atoms with Crippen molar-refractivity contribution in [1.29, 1.82) is 0 Å². The van der Waals surface area contributed by atoms with Crippen LogP contribution in [-0.4, -0.2) is 42.5 Å². The largest absolute Gasteiger partial charge is 0.497 e. The molecule has 152 valence electrons. The number of methoxy groups -OCH3 is 1. The average Bonchev–Trinajstić information content (AvgIpc) is 3.04. The van der Waals surface area contributed by atoms with Crippen molar-refractivity contribution in [3.63, 3.8) is 0 Å². The van der Waals surface area contributed by atoms with Crippen LogP contribution in [0.25, 0.3) is 16.9 Å². The van der Waals surface area contributed by atoms with Crippen LogP contribution >= 0.6 is 0 Å². The van der Waals surface area contributed by atoms with Gasteiger partial charge >= 0.3 is 5.97 Å². The molecule has 7 nitrogen and oxygen atoms in total. The first-order chi connectivity index (χ1) is 13.6. The molecule has 3 aromatic rings. The molecule has 2 aromatic carbocycles. The number of aromatic nitrogens is 1. The standard InChI is InChI=1S/C21H21NO6S/c1-13-18(20(23)21(24)25)12-19(14-4-10-17(11-5-14)29(3,26)27)22(13)15-6-8-16(28-2)9-7-15/h4-12,20,23H,1-3H3,(H,24,25). The number of aliphatic hydroxyl groups excluding tert-OH is 1. The summed E-state index contributed by atoms with van der Waals surface area (Å²) in [6, 6.07) is 15.1. The van der Waals surface area contributed by atoms with E-state index in [4.69, 9.17) is 4.74 Å². The highest BCUT2D eigenvalue weighted by Crippen LogP contribution is 2.33. The third kappa shape index (κ3) is 4.03. The van der Waals surface area contributed by atoms with Gasteiger partial charge in [-0.05, 0) is 55.0 Å². The minimum absolute atomic E-state index is 0.186. The number of carbonyl (C=O) groups is 1. The minimum atomic E-state index is -3.34. The number of ether oxygens (including phenoxy) is 1. The molecule has 0 bridgehead atoms. The van der Waals surface area contributed by atoms with Crippen molar-refractivity contribution in [2.75, 3.05) is 13.4 Å². The SMILES string of the molecule is COc1ccc(-n2c(-c3ccc(S(C)(=O)=O)cc3)cc(C(O)C(=O)O)c2C)cc1. The zero-order valence-electron chi connectivity index (χ0n) is 16.2. The van der Waals surface area contributed by atoms with Crippen LogP contribution in [0.15, 0.2) is 59.5 Å². The van der Waals surface area contributed by atoms with Crippen molar-refractivity contribution in [3.8, 4) is 22.7 Å². The summed E-state index contributed by atoms with van der Waals surface area (Å²) in [6.45, 7) is 1.72. The van der Waals surface area contributed by atoms with E-state index in [1.165, 1.54) is 12.1 Å². The number of rotatable bonds is 6. The summed E-state index contributed by atoms with van der Waals surface area (Å²) < 4.78 is 30.5. The zero-order valence-corrected chi connectivity index (χ0v) is 17.0. The van der Waals surface area contributed by atoms with Gasteiger partial charge in [-0.25, -0.2) is 13.2 Å². The van der Waals surface area contributed by atoms with E-state index in [-0.39, 0.29) is 10.5 Å². The Labute approximate surface area is 168 Å². The van der Waals surface area contributed by atoms with E-state index in [0.29, 0.717) is 22.7 Å². The van der Waals surface area contributed by atoms with Gasteiger partial charge in [0.05, 0.1) is 17.7 Å². The van der Waals surface area contributed by atoms with E-state index >= 15 is 0 Å². The van der Waals surface area contributed by atoms with Crippen LogP contribution in [0, 0.1) is 6.92 Å². The van der Waals surface area contributed by atoms with Crippen molar-refractivity contribution in [2.45, 2.75) is 17.9 Å². The highest BCUT2D eigenvalue weighted by molar-refractivity contribution is 7.90. The smallest absolute Gasteiger partial charge is 0.337 e. The maximum absolute atomic E-state index is 11.7. The Morgan fingerprint density at radius 1 is 1.07 bits per heavy atom. The summed E-state index contributed by atoms with van der Waals surface area (Å²) in [6.07, 6.45) is -0.545. The fourth-order valence-corrected chi connectivity index (χ4v) is 3.82. The predicted octanol–water partition coefficient (Wildman–Crippen LogP) is 2.98. The summed E-state index contributed by atoms with van der Waals surface area (Å²) in [5, 5.41) is 19.4. The molecule has 1 aromatic heterocycles. The zero-order chi connectivity index (χ0) is 21.3. The lowest BCUT2D eigenvalue weighted by atomic mass is 10.1. The lowest BCUT2D eigenvalue weighted by Crippen LogP contribution is -2.11. The number of hydrogen-bond donors (Lipinski definition) is 2. The molecule has 29 heavy (non-hydrogen) atoms. The number of hydrogen-bond acceptors (Lipinski definition) is 5. The molecule has 0 saturated heterocycles. The van der Waals surface area contributed by atoms with Gasteiger partial charge in [0.1, 0.15) is 5.75 Å². The van der Waals surface area contributed by atoms with Crippen LogP contribution in [0.1, 0.15) is 17.4 Å². The Kier molecular flexibility index (Phi) is 5.50. The number of aliphatic carboxylic acids is 1. The molecule has 0 amide bonds. The molecule has 3 rings (SSSR count). The summed E-state index contributed by atoms with van der Waals surface area (Å²) in [7, 11) is -1.78. The molecule has 0 aliphatic rings. The maximum Gasteiger partial charge on any atom is 0.337 e. The van der Waals surface area contributed by atoms with Crippen molar-refractivity contribution in [1.82, 2.24) is 4.57 Å². The van der Waals surface area contributed by atoms with Gasteiger partial charge in [0.15, 0.2) is 15.9 Å². The fraction of sp³-hybridized carbons (Fsp3) is 0.190. The van der Waals surface area contributed by atoms with Crippen LogP contribution in [0.2, 0.25) is 0 Å². The Morgan fingerprint density at radius 2 is 1.66 bits per heavy atom. The predicted molar refractivity (Wildman–Crippen MR) is 108 cm³/mol. The number of carboxylic acid groups (broad SMARTS) is 1. The van der Waals surface area contributed by atoms with Gasteiger partial charge < -0.3 is 19.5 Å². The van der Waals surface area contributed by atoms with Crippen molar-refractivity contribution < 1.29 is 28.2 Å². The second kappa shape index (κ2) is 7.73. The Balaban J connectivity index is 2.21. The fourth-order valence-electron chi connectivity index (χ4n) is 3.19. The Bertz CT molecular complexity index is 1150. The molecule has 2 N–H and O–H groups in total. The molecule has 0 aliphatic carbocycles. The lowest BCUT2D eigenvalue weighted by molar-refractivity contribution is -0.147. The monoisotopic (exact) mass is 415 g/mol. The van der Waals surface area contributed by atoms with Crippen LogP contribution in [0.5, 0.6) is 5.75 Å². The highest BCUT2D eigenvalue weighted by Gasteiger charge is 2.24. The van der Waals surface area contributed by atoms with Crippen LogP contribution < -0.4 is 4.74 Å². The van der Waals surface area contributed by atoms with E-state index in [0.717, 1.165) is 11.9 Å². The van der Waals surface area contributed by atoms with E-state index < -0.39 is 21.9 Å². The summed E-state index contributed by atoms with van der Waals surface area (Å²) >= 11 is 0. The molecule has 1 heterocycles. The van der Waals surface area contributed by atoms with Gasteiger partial charge in [-0.15, -0.1) is 0 Å². The third-order valence-electron chi connectivity index (χ3n) is 4.72. The third-order valence-corrected chi connectivity index (χ3v) is 5.85. The number of nitrogens with zero attached hydrogens (tertiary/aromatic N) is 1. The van der Waals surface area contributed by atoms with Gasteiger partial charge in [0, 0.05) is 23.2 Å². The molecule has 1 atom stereocenters. The topological polar surface area (TPSA) is 106 Å². The molecule has 0 spiro atoms. The van der Waals surface area contributed by atoms with E-state index in [1.54, 1.807) is 44.4 Å². The molecule has 8 heteroatoms. The van der Waals surface area contributed by atoms with Crippen molar-refractivity contribution >= 4 is 15.8 Å². The first-order valence-electron chi connectivity index (χ1n) is 8.71. The van der Waals surface area contributed by atoms with Crippen molar-refractivity contribution in [2.24, 2.45) is 0 Å². The second-order valence-corrected chi connectivity index (χ2v) is 8.66. The molecular weight excluding hydrogens is 394 g/mol. The maximum atomic E-state index is 11.7. The average molecular weight is 415 g/mol. The van der Waals surface area contributed by atoms with Crippen LogP contribution in [0.4, 0.5) is 0 Å². The second-order valence-electron chi connectivity index (χ2n) is 6.64. The number of sulfone groups is 1. The summed E-state index contributed by atoms with van der Waals surface area (Å²) in [4.78, 5) is 11.5. The number of carboxylic acids is 1. The molecule has 0 fully saturated rings. The number of benzene rings is 2. The molecular formula is C21H21NO6S. The first kappa shape index (κ1) is 20.6. The lowest BCUT2D eigenvalue weighted by Gasteiger charge is -2.14. The van der Waals surface area contributed by atoms with Crippen LogP contribution in [-0.2, 0) is 14.6 Å². The molecule has 0 aliphatic heterocycles. The molecule has 0 radical (unpaired) electrons. The van der Waals surface area contributed by atoms with Gasteiger partial charge in [-0.1, -0.05) is 12.1 Å². The van der Waals surface area contributed by atoms with Gasteiger partial charge in [-0.2, -0.15) is 0 Å². The Morgan fingerprint density at radius 3 is 2.14 bits per heavy atom. The highest BCUT2D eigenvalue weighted by atomic mass is 32.2. The van der Waals surface area contributed by atoms with E-state index in [9.17, 15) is 23.4 Å². The normalized spacial score (nSPS) is 12.6. The summed E-state index contributed by atoms with van der Waals surface area (Å²) in [5.41, 5.74) is 2.88. The number of aliphatic hydroxyl groups is 1. The quantitative estimate of drug-likeness (QED) is 0.641. The first-order valence-corrected chi connectivity index (χ1v) is 10.6. The van der Waals surface area contributed by atoms with Crippen molar-refractivity contribution in [3.05, 3.63) is 65.9 Å².